The molecule has 5 nitrogen and oxygen atoms in total. The van der Waals surface area contributed by atoms with Gasteiger partial charge in [-0.15, -0.1) is 0 Å². The highest BCUT2D eigenvalue weighted by atomic mass is 16.5. The second kappa shape index (κ2) is 9.92. The fraction of sp³-hybridized carbons (Fsp3) is 0.556. The Hall–Kier alpha value is -1.92. The predicted octanol–water partition coefficient (Wildman–Crippen LogP) is 3.46. The van der Waals surface area contributed by atoms with Crippen LogP contribution in [0.15, 0.2) is 24.3 Å². The molecule has 0 saturated carbocycles. The van der Waals surface area contributed by atoms with Gasteiger partial charge < -0.3 is 24.8 Å². The minimum absolute atomic E-state index is 0.199. The molecule has 2 aromatic carbocycles. The van der Waals surface area contributed by atoms with E-state index in [1.165, 1.54) is 47.1 Å². The monoisotopic (exact) mass is 436 g/mol. The van der Waals surface area contributed by atoms with Crippen LogP contribution < -0.4 is 15.4 Å². The number of fused-ring (bicyclic) bond motifs is 6. The van der Waals surface area contributed by atoms with E-state index in [4.69, 9.17) is 14.2 Å². The lowest BCUT2D eigenvalue weighted by Gasteiger charge is -2.28. The number of rotatable bonds is 4. The molecule has 0 bridgehead atoms. The van der Waals surface area contributed by atoms with Crippen LogP contribution in [0.3, 0.4) is 0 Å². The van der Waals surface area contributed by atoms with Crippen LogP contribution in [-0.2, 0) is 41.6 Å². The fourth-order valence-electron chi connectivity index (χ4n) is 5.81. The van der Waals surface area contributed by atoms with Crippen molar-refractivity contribution >= 4 is 0 Å². The third kappa shape index (κ3) is 4.19. The van der Waals surface area contributed by atoms with Crippen molar-refractivity contribution in [1.29, 1.82) is 0 Å². The first kappa shape index (κ1) is 21.9. The van der Waals surface area contributed by atoms with Crippen LogP contribution in [0.5, 0.6) is 5.75 Å². The van der Waals surface area contributed by atoms with Crippen molar-refractivity contribution in [3.05, 3.63) is 63.2 Å². The van der Waals surface area contributed by atoms with Crippen LogP contribution in [0, 0.1) is 0 Å². The smallest absolute Gasteiger partial charge is 0.123 e. The summed E-state index contributed by atoms with van der Waals surface area (Å²) in [7, 11) is 3.97. The quantitative estimate of drug-likeness (QED) is 0.769. The molecule has 4 aliphatic rings. The lowest BCUT2D eigenvalue weighted by atomic mass is 9.90. The van der Waals surface area contributed by atoms with Gasteiger partial charge in [-0.05, 0) is 85.6 Å². The molecule has 172 valence electrons. The Labute approximate surface area is 191 Å². The summed E-state index contributed by atoms with van der Waals surface area (Å²) in [5.41, 5.74) is 10.4. The Balaban J connectivity index is 0.000000135. The van der Waals surface area contributed by atoms with Gasteiger partial charge in [-0.1, -0.05) is 18.2 Å². The van der Waals surface area contributed by atoms with Crippen LogP contribution in [0.25, 0.3) is 0 Å². The zero-order valence-corrected chi connectivity index (χ0v) is 19.5. The average Bonchev–Trinajstić information content (AvgIpc) is 3.49. The van der Waals surface area contributed by atoms with Gasteiger partial charge in [0.25, 0.3) is 0 Å². The van der Waals surface area contributed by atoms with Gasteiger partial charge in [0.05, 0.1) is 32.0 Å². The molecule has 0 unspecified atom stereocenters. The van der Waals surface area contributed by atoms with E-state index >= 15 is 0 Å². The first-order valence-corrected chi connectivity index (χ1v) is 12.2. The summed E-state index contributed by atoms with van der Waals surface area (Å²) in [5, 5.41) is 6.45. The minimum atomic E-state index is 0.199. The molecule has 3 heterocycles. The van der Waals surface area contributed by atoms with Gasteiger partial charge in [-0.2, -0.15) is 0 Å². The van der Waals surface area contributed by atoms with Gasteiger partial charge in [0.2, 0.25) is 0 Å². The van der Waals surface area contributed by atoms with Crippen molar-refractivity contribution in [2.75, 3.05) is 47.0 Å². The predicted molar refractivity (Wildman–Crippen MR) is 127 cm³/mol. The Morgan fingerprint density at radius 1 is 0.688 bits per heavy atom. The Bertz CT molecular complexity index is 881. The van der Waals surface area contributed by atoms with Gasteiger partial charge in [0, 0.05) is 25.1 Å². The van der Waals surface area contributed by atoms with Crippen molar-refractivity contribution in [1.82, 2.24) is 10.6 Å². The molecule has 0 saturated heterocycles. The van der Waals surface area contributed by atoms with Gasteiger partial charge >= 0.3 is 0 Å². The molecule has 0 fully saturated rings. The maximum atomic E-state index is 5.91. The van der Waals surface area contributed by atoms with E-state index in [9.17, 15) is 0 Å². The summed E-state index contributed by atoms with van der Waals surface area (Å²) >= 11 is 0. The summed E-state index contributed by atoms with van der Waals surface area (Å²) in [6, 6.07) is 8.97. The van der Waals surface area contributed by atoms with Crippen LogP contribution in [0.1, 0.15) is 57.6 Å². The van der Waals surface area contributed by atoms with Crippen LogP contribution in [0.2, 0.25) is 0 Å². The standard InChI is InChI=1S/C14H19NO.C13H17NO2/c1-15-9-13-14-11(7-8-16-13)6-5-10-3-2-4-12(10)14;1-14-8-12-13-9(4-6-16-12)2-3-11-10(13)5-7-15-11/h5-6,13,15H,2-4,7-9H2,1H3;2-3,12,14H,4-8H2,1H3/t13-;12-/m01/s1. The van der Waals surface area contributed by atoms with E-state index in [0.717, 1.165) is 57.9 Å². The number of aryl methyl sites for hydroxylation is 1. The fourth-order valence-corrected chi connectivity index (χ4v) is 5.81. The highest BCUT2D eigenvalue weighted by Crippen LogP contribution is 2.38. The van der Waals surface area contributed by atoms with Gasteiger partial charge in [-0.25, -0.2) is 0 Å². The number of hydrogen-bond acceptors (Lipinski definition) is 5. The van der Waals surface area contributed by atoms with E-state index in [0.29, 0.717) is 0 Å². The highest BCUT2D eigenvalue weighted by Gasteiger charge is 2.28. The molecule has 6 rings (SSSR count). The first-order valence-electron chi connectivity index (χ1n) is 12.2. The number of likely N-dealkylation sites (N-methyl/N-ethyl adjacent to an activating group) is 2. The Kier molecular flexibility index (Phi) is 6.79. The van der Waals surface area contributed by atoms with Crippen LogP contribution in [0.4, 0.5) is 0 Å². The zero-order chi connectivity index (χ0) is 21.9. The largest absolute Gasteiger partial charge is 0.493 e. The van der Waals surface area contributed by atoms with Gasteiger partial charge in [-0.3, -0.25) is 0 Å². The number of ether oxygens (including phenoxy) is 3. The first-order chi connectivity index (χ1) is 15.8. The summed E-state index contributed by atoms with van der Waals surface area (Å²) in [5.74, 6) is 1.06. The highest BCUT2D eigenvalue weighted by molar-refractivity contribution is 5.49. The van der Waals surface area contributed by atoms with Gasteiger partial charge in [0.15, 0.2) is 0 Å². The average molecular weight is 437 g/mol. The molecular formula is C27H36N2O3. The Morgan fingerprint density at radius 2 is 1.31 bits per heavy atom. The van der Waals surface area contributed by atoms with Gasteiger partial charge in [0.1, 0.15) is 5.75 Å². The normalized spacial score (nSPS) is 22.7. The molecule has 3 aliphatic heterocycles. The molecule has 0 aromatic heterocycles. The zero-order valence-electron chi connectivity index (χ0n) is 19.5. The SMILES string of the molecule is CNC[C@@H]1OCCc2ccc3c(c21)CCC3.CNC[C@H]1OCCc2ccc3c(c21)CCO3. The number of nitrogens with one attached hydrogen (secondary N) is 2. The van der Waals surface area contributed by atoms with Crippen molar-refractivity contribution in [2.45, 2.75) is 50.7 Å². The molecule has 2 N–H and O–H groups in total. The molecule has 2 atom stereocenters. The van der Waals surface area contributed by atoms with Crippen molar-refractivity contribution in [3.63, 3.8) is 0 Å². The molecular weight excluding hydrogens is 400 g/mol. The summed E-state index contributed by atoms with van der Waals surface area (Å²) in [6.45, 7) is 4.34. The van der Waals surface area contributed by atoms with Crippen LogP contribution >= 0.6 is 0 Å². The third-order valence-electron chi connectivity index (χ3n) is 7.24. The lowest BCUT2D eigenvalue weighted by molar-refractivity contribution is 0.0431. The van der Waals surface area contributed by atoms with Crippen molar-refractivity contribution < 1.29 is 14.2 Å². The Morgan fingerprint density at radius 3 is 2.00 bits per heavy atom. The minimum Gasteiger partial charge on any atom is -0.493 e. The van der Waals surface area contributed by atoms with E-state index in [-0.39, 0.29) is 12.2 Å². The molecule has 0 amide bonds. The summed E-state index contributed by atoms with van der Waals surface area (Å²) < 4.78 is 17.4. The summed E-state index contributed by atoms with van der Waals surface area (Å²) in [6.07, 6.45) is 7.45. The van der Waals surface area contributed by atoms with Crippen molar-refractivity contribution in [3.8, 4) is 5.75 Å². The van der Waals surface area contributed by atoms with Crippen molar-refractivity contribution in [2.24, 2.45) is 0 Å². The molecule has 0 radical (unpaired) electrons. The molecule has 5 heteroatoms. The second-order valence-electron chi connectivity index (χ2n) is 9.18. The van der Waals surface area contributed by atoms with E-state index in [1.54, 1.807) is 11.1 Å². The maximum Gasteiger partial charge on any atom is 0.123 e. The summed E-state index contributed by atoms with van der Waals surface area (Å²) in [4.78, 5) is 0. The van der Waals surface area contributed by atoms with E-state index in [1.807, 2.05) is 14.1 Å². The molecule has 1 aliphatic carbocycles. The lowest BCUT2D eigenvalue weighted by Crippen LogP contribution is -2.26. The molecule has 2 aromatic rings. The van der Waals surface area contributed by atoms with Crippen LogP contribution in [-0.4, -0.2) is 47.0 Å². The van der Waals surface area contributed by atoms with E-state index in [2.05, 4.69) is 34.9 Å². The molecule has 32 heavy (non-hydrogen) atoms. The topological polar surface area (TPSA) is 51.8 Å². The maximum absolute atomic E-state index is 5.91. The van der Waals surface area contributed by atoms with E-state index < -0.39 is 0 Å². The third-order valence-corrected chi connectivity index (χ3v) is 7.24. The number of hydrogen-bond donors (Lipinski definition) is 2. The number of benzene rings is 2. The second-order valence-corrected chi connectivity index (χ2v) is 9.18. The molecule has 0 spiro atoms.